The van der Waals surface area contributed by atoms with E-state index in [1.54, 1.807) is 41.9 Å². The first-order valence-corrected chi connectivity index (χ1v) is 9.36. The molecule has 6 nitrogen and oxygen atoms in total. The highest BCUT2D eigenvalue weighted by atomic mass is 32.1. The minimum atomic E-state index is -0.559. The Hall–Kier alpha value is -3.06. The van der Waals surface area contributed by atoms with Gasteiger partial charge in [-0.15, -0.1) is 11.3 Å². The molecule has 2 heterocycles. The van der Waals surface area contributed by atoms with Crippen molar-refractivity contribution < 1.29 is 18.7 Å². The van der Waals surface area contributed by atoms with Crippen LogP contribution in [0.4, 0.5) is 5.69 Å². The van der Waals surface area contributed by atoms with Crippen LogP contribution in [0.2, 0.25) is 0 Å². The number of benzene rings is 1. The van der Waals surface area contributed by atoms with E-state index in [4.69, 9.17) is 9.15 Å². The number of hydrogen-bond donors (Lipinski definition) is 2. The van der Waals surface area contributed by atoms with E-state index >= 15 is 0 Å². The lowest BCUT2D eigenvalue weighted by Gasteiger charge is -2.13. The quantitative estimate of drug-likeness (QED) is 0.574. The normalized spacial score (nSPS) is 11.6. The van der Waals surface area contributed by atoms with Crippen LogP contribution >= 0.6 is 11.3 Å². The molecule has 0 unspecified atom stereocenters. The Morgan fingerprint density at radius 3 is 2.74 bits per heavy atom. The number of nitrogens with one attached hydrogen (secondary N) is 2. The molecular formula is C20H20N2O4S. The summed E-state index contributed by atoms with van der Waals surface area (Å²) >= 11 is 1.56. The third kappa shape index (κ3) is 5.21. The molecule has 0 saturated heterocycles. The zero-order valence-corrected chi connectivity index (χ0v) is 15.6. The Morgan fingerprint density at radius 2 is 2.00 bits per heavy atom. The van der Waals surface area contributed by atoms with E-state index in [2.05, 4.69) is 10.6 Å². The van der Waals surface area contributed by atoms with Crippen LogP contribution in [-0.2, 0) is 16.1 Å². The van der Waals surface area contributed by atoms with Crippen molar-refractivity contribution >= 4 is 28.9 Å². The lowest BCUT2D eigenvalue weighted by Crippen LogP contribution is -2.30. The van der Waals surface area contributed by atoms with Crippen LogP contribution in [0.5, 0.6) is 0 Å². The Morgan fingerprint density at radius 1 is 1.15 bits per heavy atom. The maximum atomic E-state index is 12.4. The first kappa shape index (κ1) is 18.7. The van der Waals surface area contributed by atoms with Gasteiger partial charge in [-0.1, -0.05) is 18.2 Å². The van der Waals surface area contributed by atoms with Crippen LogP contribution in [0.15, 0.2) is 64.6 Å². The molecule has 3 aromatic rings. The molecule has 0 bridgehead atoms. The van der Waals surface area contributed by atoms with Crippen molar-refractivity contribution in [3.05, 3.63) is 76.4 Å². The summed E-state index contributed by atoms with van der Waals surface area (Å²) in [5.41, 5.74) is 0.981. The van der Waals surface area contributed by atoms with Gasteiger partial charge in [0.1, 0.15) is 5.76 Å². The predicted molar refractivity (Wildman–Crippen MR) is 104 cm³/mol. The van der Waals surface area contributed by atoms with Gasteiger partial charge in [-0.05, 0) is 42.6 Å². The minimum Gasteiger partial charge on any atom is -0.467 e. The van der Waals surface area contributed by atoms with Crippen molar-refractivity contribution in [1.29, 1.82) is 0 Å². The first-order chi connectivity index (χ1) is 13.1. The topological polar surface area (TPSA) is 80.6 Å². The van der Waals surface area contributed by atoms with Gasteiger partial charge in [0, 0.05) is 10.6 Å². The van der Waals surface area contributed by atoms with Gasteiger partial charge in [0.05, 0.1) is 24.4 Å². The van der Waals surface area contributed by atoms with Crippen molar-refractivity contribution in [2.24, 2.45) is 0 Å². The average molecular weight is 384 g/mol. The molecule has 7 heteroatoms. The summed E-state index contributed by atoms with van der Waals surface area (Å²) in [5.74, 6) is -0.151. The van der Waals surface area contributed by atoms with Crippen LogP contribution in [0, 0.1) is 0 Å². The summed E-state index contributed by atoms with van der Waals surface area (Å²) in [6.07, 6.45) is 1.59. The number of esters is 1. The van der Waals surface area contributed by atoms with Crippen LogP contribution in [0.25, 0.3) is 0 Å². The van der Waals surface area contributed by atoms with Crippen LogP contribution < -0.4 is 10.6 Å². The number of anilines is 1. The summed E-state index contributed by atoms with van der Waals surface area (Å²) in [7, 11) is 0. The molecule has 3 rings (SSSR count). The van der Waals surface area contributed by atoms with Gasteiger partial charge < -0.3 is 19.8 Å². The molecule has 2 N–H and O–H groups in total. The zero-order chi connectivity index (χ0) is 19.1. The van der Waals surface area contributed by atoms with E-state index in [1.165, 1.54) is 0 Å². The Balaban J connectivity index is 1.53. The van der Waals surface area contributed by atoms with E-state index in [-0.39, 0.29) is 18.6 Å². The molecule has 1 amide bonds. The van der Waals surface area contributed by atoms with Gasteiger partial charge in [0.2, 0.25) is 0 Å². The number of thiophene rings is 1. The molecule has 27 heavy (non-hydrogen) atoms. The van der Waals surface area contributed by atoms with Crippen molar-refractivity contribution in [2.45, 2.75) is 19.5 Å². The summed E-state index contributed by atoms with van der Waals surface area (Å²) in [5, 5.41) is 7.90. The zero-order valence-electron chi connectivity index (χ0n) is 14.8. The third-order valence-electron chi connectivity index (χ3n) is 3.86. The Labute approximate surface area is 161 Å². The molecule has 2 aromatic heterocycles. The Bertz CT molecular complexity index is 875. The highest BCUT2D eigenvalue weighted by Gasteiger charge is 2.16. The molecule has 0 fully saturated rings. The molecule has 0 aliphatic heterocycles. The summed E-state index contributed by atoms with van der Waals surface area (Å²) < 4.78 is 10.4. The average Bonchev–Trinajstić information content (AvgIpc) is 3.38. The standard InChI is InChI=1S/C20H20N2O4S/c1-14(18-9-5-11-27-18)22-19(23)13-26-20(24)16-7-2-3-8-17(16)21-12-15-6-4-10-25-15/h2-11,14,21H,12-13H2,1H3,(H,22,23)/t14-/m1/s1. The second kappa shape index (κ2) is 9.05. The van der Waals surface area contributed by atoms with E-state index in [9.17, 15) is 9.59 Å². The van der Waals surface area contributed by atoms with Gasteiger partial charge in [-0.25, -0.2) is 4.79 Å². The van der Waals surface area contributed by atoms with E-state index in [0.717, 1.165) is 10.6 Å². The van der Waals surface area contributed by atoms with Crippen molar-refractivity contribution in [1.82, 2.24) is 5.32 Å². The number of carbonyl (C=O) groups excluding carboxylic acids is 2. The fourth-order valence-electron chi connectivity index (χ4n) is 2.51. The maximum Gasteiger partial charge on any atom is 0.340 e. The molecule has 0 aliphatic rings. The lowest BCUT2D eigenvalue weighted by molar-refractivity contribution is -0.124. The first-order valence-electron chi connectivity index (χ1n) is 8.48. The molecular weight excluding hydrogens is 364 g/mol. The van der Waals surface area contributed by atoms with Crippen LogP contribution in [0.3, 0.4) is 0 Å². The Kier molecular flexibility index (Phi) is 6.27. The van der Waals surface area contributed by atoms with E-state index in [0.29, 0.717) is 17.8 Å². The summed E-state index contributed by atoms with van der Waals surface area (Å²) in [6.45, 7) is 2.00. The molecule has 0 saturated carbocycles. The van der Waals surface area contributed by atoms with Gasteiger partial charge in [0.15, 0.2) is 6.61 Å². The van der Waals surface area contributed by atoms with Gasteiger partial charge in [-0.2, -0.15) is 0 Å². The number of para-hydroxylation sites is 1. The molecule has 0 aliphatic carbocycles. The fraction of sp³-hybridized carbons (Fsp3) is 0.200. The van der Waals surface area contributed by atoms with Crippen molar-refractivity contribution in [2.75, 3.05) is 11.9 Å². The lowest BCUT2D eigenvalue weighted by atomic mass is 10.2. The molecule has 0 spiro atoms. The number of furan rings is 1. The second-order valence-electron chi connectivity index (χ2n) is 5.86. The molecule has 140 valence electrons. The number of hydrogen-bond acceptors (Lipinski definition) is 6. The largest absolute Gasteiger partial charge is 0.467 e. The third-order valence-corrected chi connectivity index (χ3v) is 4.92. The van der Waals surface area contributed by atoms with Crippen molar-refractivity contribution in [3.63, 3.8) is 0 Å². The fourth-order valence-corrected chi connectivity index (χ4v) is 3.25. The number of amides is 1. The summed E-state index contributed by atoms with van der Waals surface area (Å²) in [4.78, 5) is 25.5. The van der Waals surface area contributed by atoms with E-state index in [1.807, 2.05) is 36.6 Å². The number of rotatable bonds is 8. The second-order valence-corrected chi connectivity index (χ2v) is 6.84. The van der Waals surface area contributed by atoms with Gasteiger partial charge in [0.25, 0.3) is 5.91 Å². The van der Waals surface area contributed by atoms with Gasteiger partial charge >= 0.3 is 5.97 Å². The molecule has 1 aromatic carbocycles. The van der Waals surface area contributed by atoms with E-state index < -0.39 is 5.97 Å². The molecule has 1 atom stereocenters. The summed E-state index contributed by atoms with van der Waals surface area (Å²) in [6, 6.07) is 14.4. The highest BCUT2D eigenvalue weighted by Crippen LogP contribution is 2.19. The molecule has 0 radical (unpaired) electrons. The van der Waals surface area contributed by atoms with Crippen molar-refractivity contribution in [3.8, 4) is 0 Å². The van der Waals surface area contributed by atoms with Gasteiger partial charge in [-0.3, -0.25) is 4.79 Å². The van der Waals surface area contributed by atoms with Crippen LogP contribution in [-0.4, -0.2) is 18.5 Å². The van der Waals surface area contributed by atoms with Crippen LogP contribution in [0.1, 0.15) is 34.0 Å². The predicted octanol–water partition coefficient (Wildman–Crippen LogP) is 3.99. The maximum absolute atomic E-state index is 12.4. The SMILES string of the molecule is C[C@@H](NC(=O)COC(=O)c1ccccc1NCc1ccco1)c1cccs1. The number of carbonyl (C=O) groups is 2. The smallest absolute Gasteiger partial charge is 0.340 e. The minimum absolute atomic E-state index is 0.126. The highest BCUT2D eigenvalue weighted by molar-refractivity contribution is 7.10. The monoisotopic (exact) mass is 384 g/mol. The number of ether oxygens (including phenoxy) is 1.